The Morgan fingerprint density at radius 1 is 1.14 bits per heavy atom. The number of fused-ring (bicyclic) bond motifs is 1. The monoisotopic (exact) mass is 510 g/mol. The fourth-order valence-electron chi connectivity index (χ4n) is 4.46. The summed E-state index contributed by atoms with van der Waals surface area (Å²) in [5.74, 6) is 0.204. The van der Waals surface area contributed by atoms with Gasteiger partial charge in [-0.3, -0.25) is 4.90 Å². The summed E-state index contributed by atoms with van der Waals surface area (Å²) < 4.78 is 35.3. The standard InChI is InChI=1S/C27H34N4O4S/c1-19-5-7-23(8-6-19)24-9-10-27-25(11-24)35-26(16-30(4)15-22-12-28-18-29-13-22)20(2)14-31(21(3)17-32)36(27,33)34/h5-13,18,20-21,26,32H,14-17H2,1-4H3/t20-,21-,26+/m0/s1. The summed E-state index contributed by atoms with van der Waals surface area (Å²) in [5.41, 5.74) is 4.00. The third kappa shape index (κ3) is 5.75. The Hall–Kier alpha value is -2.85. The molecule has 0 spiro atoms. The number of aromatic nitrogens is 2. The van der Waals surface area contributed by atoms with Crippen molar-refractivity contribution in [2.24, 2.45) is 5.92 Å². The fourth-order valence-corrected chi connectivity index (χ4v) is 6.29. The minimum atomic E-state index is -3.87. The molecule has 1 N–H and O–H groups in total. The second-order valence-electron chi connectivity index (χ2n) is 9.71. The highest BCUT2D eigenvalue weighted by molar-refractivity contribution is 7.89. The number of hydrogen-bond acceptors (Lipinski definition) is 7. The summed E-state index contributed by atoms with van der Waals surface area (Å²) in [7, 11) is -1.88. The van der Waals surface area contributed by atoms with E-state index in [2.05, 4.69) is 14.9 Å². The van der Waals surface area contributed by atoms with Gasteiger partial charge in [-0.15, -0.1) is 0 Å². The van der Waals surface area contributed by atoms with E-state index >= 15 is 0 Å². The number of aryl methyl sites for hydroxylation is 1. The molecule has 0 saturated heterocycles. The van der Waals surface area contributed by atoms with Crippen LogP contribution in [0.4, 0.5) is 0 Å². The first-order chi connectivity index (χ1) is 17.2. The van der Waals surface area contributed by atoms with E-state index in [4.69, 9.17) is 4.74 Å². The first-order valence-corrected chi connectivity index (χ1v) is 13.6. The predicted molar refractivity (Wildman–Crippen MR) is 139 cm³/mol. The van der Waals surface area contributed by atoms with Gasteiger partial charge in [-0.25, -0.2) is 18.4 Å². The lowest BCUT2D eigenvalue weighted by Crippen LogP contribution is -2.49. The van der Waals surface area contributed by atoms with Gasteiger partial charge in [-0.05, 0) is 44.2 Å². The zero-order valence-electron chi connectivity index (χ0n) is 21.2. The molecule has 4 rings (SSSR count). The normalized spacial score (nSPS) is 20.7. The number of sulfonamides is 1. The average molecular weight is 511 g/mol. The van der Waals surface area contributed by atoms with Crippen LogP contribution in [0.15, 0.2) is 66.1 Å². The molecule has 9 heteroatoms. The topological polar surface area (TPSA) is 95.9 Å². The molecular weight excluding hydrogens is 476 g/mol. The van der Waals surface area contributed by atoms with E-state index in [1.807, 2.05) is 57.3 Å². The van der Waals surface area contributed by atoms with Crippen LogP contribution in [0.3, 0.4) is 0 Å². The summed E-state index contributed by atoms with van der Waals surface area (Å²) in [6, 6.07) is 12.8. The van der Waals surface area contributed by atoms with Crippen LogP contribution >= 0.6 is 0 Å². The number of likely N-dealkylation sites (N-methyl/N-ethyl adjacent to an activating group) is 1. The third-order valence-corrected chi connectivity index (χ3v) is 8.63. The largest absolute Gasteiger partial charge is 0.487 e. The first kappa shape index (κ1) is 26.2. The van der Waals surface area contributed by atoms with Crippen molar-refractivity contribution < 1.29 is 18.3 Å². The van der Waals surface area contributed by atoms with Gasteiger partial charge in [-0.1, -0.05) is 42.8 Å². The highest BCUT2D eigenvalue weighted by atomic mass is 32.2. The van der Waals surface area contributed by atoms with Crippen molar-refractivity contribution in [1.82, 2.24) is 19.2 Å². The molecule has 8 nitrogen and oxygen atoms in total. The molecule has 2 heterocycles. The zero-order chi connectivity index (χ0) is 25.9. The van der Waals surface area contributed by atoms with E-state index in [0.717, 1.165) is 22.3 Å². The molecule has 1 aromatic heterocycles. The van der Waals surface area contributed by atoms with Crippen LogP contribution in [0.2, 0.25) is 0 Å². The zero-order valence-corrected chi connectivity index (χ0v) is 22.0. The SMILES string of the molecule is Cc1ccc(-c2ccc3c(c2)O[C@H](CN(C)Cc2cncnc2)[C@@H](C)CN([C@@H](C)CO)S3(=O)=O)cc1. The van der Waals surface area contributed by atoms with Gasteiger partial charge in [0.2, 0.25) is 10.0 Å². The molecule has 36 heavy (non-hydrogen) atoms. The molecule has 0 fully saturated rings. The third-order valence-electron chi connectivity index (χ3n) is 6.61. The van der Waals surface area contributed by atoms with E-state index in [0.29, 0.717) is 18.8 Å². The lowest BCUT2D eigenvalue weighted by atomic mass is 10.0. The smallest absolute Gasteiger partial charge is 0.247 e. The maximum atomic E-state index is 13.7. The maximum absolute atomic E-state index is 13.7. The van der Waals surface area contributed by atoms with Crippen molar-refractivity contribution in [2.75, 3.05) is 26.7 Å². The van der Waals surface area contributed by atoms with E-state index < -0.39 is 16.1 Å². The van der Waals surface area contributed by atoms with Crippen molar-refractivity contribution in [3.63, 3.8) is 0 Å². The summed E-state index contributed by atoms with van der Waals surface area (Å²) in [6.45, 7) is 6.94. The van der Waals surface area contributed by atoms with Crippen LogP contribution in [0.25, 0.3) is 11.1 Å². The second-order valence-corrected chi connectivity index (χ2v) is 11.6. The lowest BCUT2D eigenvalue weighted by Gasteiger charge is -2.37. The molecule has 1 aliphatic heterocycles. The van der Waals surface area contributed by atoms with Crippen LogP contribution in [-0.4, -0.2) is 71.6 Å². The summed E-state index contributed by atoms with van der Waals surface area (Å²) in [4.78, 5) is 10.4. The number of ether oxygens (including phenoxy) is 1. The van der Waals surface area contributed by atoms with Crippen molar-refractivity contribution in [2.45, 2.75) is 44.4 Å². The molecule has 1 aliphatic rings. The Morgan fingerprint density at radius 3 is 2.47 bits per heavy atom. The minimum Gasteiger partial charge on any atom is -0.487 e. The quantitative estimate of drug-likeness (QED) is 0.521. The van der Waals surface area contributed by atoms with Crippen molar-refractivity contribution in [1.29, 1.82) is 0 Å². The Bertz CT molecular complexity index is 1270. The Kier molecular flexibility index (Phi) is 8.04. The summed E-state index contributed by atoms with van der Waals surface area (Å²) in [5, 5.41) is 9.85. The number of aliphatic hydroxyl groups is 1. The number of benzene rings is 2. The maximum Gasteiger partial charge on any atom is 0.247 e. The van der Waals surface area contributed by atoms with E-state index in [9.17, 15) is 13.5 Å². The molecule has 0 amide bonds. The molecule has 192 valence electrons. The van der Waals surface area contributed by atoms with Gasteiger partial charge in [0.05, 0.1) is 6.61 Å². The second kappa shape index (κ2) is 11.0. The molecule has 0 bridgehead atoms. The molecule has 0 radical (unpaired) electrons. The Morgan fingerprint density at radius 2 is 1.81 bits per heavy atom. The van der Waals surface area contributed by atoms with Gasteiger partial charge < -0.3 is 9.84 Å². The van der Waals surface area contributed by atoms with Crippen LogP contribution < -0.4 is 4.74 Å². The highest BCUT2D eigenvalue weighted by Gasteiger charge is 2.38. The molecule has 0 unspecified atom stereocenters. The molecule has 3 aromatic rings. The lowest BCUT2D eigenvalue weighted by molar-refractivity contribution is 0.0733. The van der Waals surface area contributed by atoms with Crippen molar-refractivity contribution in [3.8, 4) is 16.9 Å². The average Bonchev–Trinajstić information content (AvgIpc) is 2.86. The number of hydrogen-bond donors (Lipinski definition) is 1. The number of nitrogens with zero attached hydrogens (tertiary/aromatic N) is 4. The molecule has 0 aliphatic carbocycles. The van der Waals surface area contributed by atoms with Gasteiger partial charge in [0.15, 0.2) is 0 Å². The van der Waals surface area contributed by atoms with Gasteiger partial charge in [0, 0.05) is 49.6 Å². The summed E-state index contributed by atoms with van der Waals surface area (Å²) in [6.07, 6.45) is 4.79. The van der Waals surface area contributed by atoms with Crippen molar-refractivity contribution in [3.05, 3.63) is 72.3 Å². The van der Waals surface area contributed by atoms with Crippen LogP contribution in [0.1, 0.15) is 25.0 Å². The van der Waals surface area contributed by atoms with E-state index in [1.54, 1.807) is 25.4 Å². The van der Waals surface area contributed by atoms with E-state index in [1.165, 1.54) is 10.6 Å². The van der Waals surface area contributed by atoms with Gasteiger partial charge in [0.1, 0.15) is 23.1 Å². The number of aliphatic hydroxyl groups excluding tert-OH is 1. The molecular formula is C27H34N4O4S. The number of rotatable bonds is 7. The summed E-state index contributed by atoms with van der Waals surface area (Å²) >= 11 is 0. The first-order valence-electron chi connectivity index (χ1n) is 12.1. The van der Waals surface area contributed by atoms with Crippen LogP contribution in [0, 0.1) is 12.8 Å². The molecule has 2 aromatic carbocycles. The molecule has 3 atom stereocenters. The molecule has 0 saturated carbocycles. The Balaban J connectivity index is 1.72. The van der Waals surface area contributed by atoms with Crippen LogP contribution in [-0.2, 0) is 16.6 Å². The Labute approximate surface area is 213 Å². The van der Waals surface area contributed by atoms with Crippen LogP contribution in [0.5, 0.6) is 5.75 Å². The van der Waals surface area contributed by atoms with Crippen molar-refractivity contribution >= 4 is 10.0 Å². The van der Waals surface area contributed by atoms with Gasteiger partial charge >= 0.3 is 0 Å². The minimum absolute atomic E-state index is 0.120. The fraction of sp³-hybridized carbons (Fsp3) is 0.407. The van der Waals surface area contributed by atoms with Gasteiger partial charge in [-0.2, -0.15) is 4.31 Å². The van der Waals surface area contributed by atoms with Gasteiger partial charge in [0.25, 0.3) is 0 Å². The highest BCUT2D eigenvalue weighted by Crippen LogP contribution is 2.36. The predicted octanol–water partition coefficient (Wildman–Crippen LogP) is 3.35. The van der Waals surface area contributed by atoms with E-state index in [-0.39, 0.29) is 30.1 Å².